The Labute approximate surface area is 145 Å². The molecule has 1 N–H and O–H groups in total. The predicted molar refractivity (Wildman–Crippen MR) is 91.7 cm³/mol. The summed E-state index contributed by atoms with van der Waals surface area (Å²) in [6, 6.07) is 4.00. The molecule has 1 aromatic carbocycles. The quantitative estimate of drug-likeness (QED) is 0.320. The lowest BCUT2D eigenvalue weighted by Crippen LogP contribution is -2.44. The van der Waals surface area contributed by atoms with E-state index in [1.54, 1.807) is 4.90 Å². The number of non-ortho nitro benzene ring substituents is 1. The second-order valence-electron chi connectivity index (χ2n) is 5.62. The van der Waals surface area contributed by atoms with Gasteiger partial charge in [-0.25, -0.2) is 4.79 Å². The summed E-state index contributed by atoms with van der Waals surface area (Å²) >= 11 is 0. The number of hydrogen-bond acceptors (Lipinski definition) is 7. The van der Waals surface area contributed by atoms with Crippen molar-refractivity contribution in [3.63, 3.8) is 0 Å². The topological polar surface area (TPSA) is 105 Å². The molecule has 0 aromatic heterocycles. The lowest BCUT2D eigenvalue weighted by Gasteiger charge is -2.29. The molecule has 0 radical (unpaired) electrons. The summed E-state index contributed by atoms with van der Waals surface area (Å²) in [7, 11) is 0. The first-order valence-corrected chi connectivity index (χ1v) is 8.17. The normalized spacial score (nSPS) is 13.4. The van der Waals surface area contributed by atoms with E-state index < -0.39 is 10.9 Å². The molecule has 1 aromatic rings. The highest BCUT2D eigenvalue weighted by Gasteiger charge is 2.27. The van der Waals surface area contributed by atoms with Crippen LogP contribution in [-0.4, -0.2) is 61.0 Å². The van der Waals surface area contributed by atoms with Crippen molar-refractivity contribution in [2.45, 2.75) is 13.8 Å². The molecule has 0 bridgehead atoms. The van der Waals surface area contributed by atoms with Gasteiger partial charge in [-0.1, -0.05) is 13.8 Å². The number of anilines is 1. The fourth-order valence-corrected chi connectivity index (χ4v) is 2.62. The van der Waals surface area contributed by atoms with E-state index in [4.69, 9.17) is 4.74 Å². The largest absolute Gasteiger partial charge is 0.423 e. The van der Waals surface area contributed by atoms with Gasteiger partial charge < -0.3 is 19.9 Å². The van der Waals surface area contributed by atoms with Gasteiger partial charge in [0.05, 0.1) is 23.2 Å². The van der Waals surface area contributed by atoms with Gasteiger partial charge in [0.25, 0.3) is 5.69 Å². The van der Waals surface area contributed by atoms with Gasteiger partial charge in [-0.2, -0.15) is 0 Å². The second kappa shape index (κ2) is 8.43. The second-order valence-corrected chi connectivity index (χ2v) is 5.62. The SMILES string of the molecule is CCN(CC)CCNC(=O)CN1CC(=O)Oc2cc([N+](=O)[O-])ccc21. The fraction of sp³-hybridized carbons (Fsp3) is 0.500. The standard InChI is InChI=1S/C16H22N4O5/c1-3-18(4-2)8-7-17-15(21)10-19-11-16(22)25-14-9-12(20(23)24)5-6-13(14)19/h5-6,9H,3-4,7-8,10-11H2,1-2H3,(H,17,21). The molecule has 0 fully saturated rings. The molecule has 0 aliphatic carbocycles. The fourth-order valence-electron chi connectivity index (χ4n) is 2.62. The molecule has 0 saturated carbocycles. The number of ether oxygens (including phenoxy) is 1. The number of carbonyl (C=O) groups is 2. The van der Waals surface area contributed by atoms with Crippen LogP contribution in [0.3, 0.4) is 0 Å². The number of esters is 1. The van der Waals surface area contributed by atoms with Gasteiger partial charge in [0.15, 0.2) is 5.75 Å². The Balaban J connectivity index is 2.00. The zero-order valence-corrected chi connectivity index (χ0v) is 14.4. The van der Waals surface area contributed by atoms with Crippen molar-refractivity contribution in [2.75, 3.05) is 44.2 Å². The number of rotatable bonds is 8. The van der Waals surface area contributed by atoms with Crippen LogP contribution >= 0.6 is 0 Å². The van der Waals surface area contributed by atoms with Crippen LogP contribution in [0.4, 0.5) is 11.4 Å². The molecule has 1 heterocycles. The van der Waals surface area contributed by atoms with Gasteiger partial charge >= 0.3 is 5.97 Å². The third-order valence-electron chi connectivity index (χ3n) is 4.02. The highest BCUT2D eigenvalue weighted by atomic mass is 16.6. The summed E-state index contributed by atoms with van der Waals surface area (Å²) in [6.45, 7) is 7.12. The third kappa shape index (κ3) is 4.90. The van der Waals surface area contributed by atoms with Crippen molar-refractivity contribution >= 4 is 23.3 Å². The summed E-state index contributed by atoms with van der Waals surface area (Å²) in [5, 5.41) is 13.7. The lowest BCUT2D eigenvalue weighted by atomic mass is 10.2. The molecule has 0 spiro atoms. The van der Waals surface area contributed by atoms with Crippen LogP contribution in [0.25, 0.3) is 0 Å². The number of hydrogen-bond donors (Lipinski definition) is 1. The zero-order chi connectivity index (χ0) is 18.4. The Hall–Kier alpha value is -2.68. The average molecular weight is 350 g/mol. The molecule has 1 aliphatic heterocycles. The lowest BCUT2D eigenvalue weighted by molar-refractivity contribution is -0.384. The minimum absolute atomic E-state index is 0.0157. The minimum Gasteiger partial charge on any atom is -0.423 e. The van der Waals surface area contributed by atoms with Crippen LogP contribution in [0.1, 0.15) is 13.8 Å². The molecule has 1 amide bonds. The Morgan fingerprint density at radius 2 is 2.12 bits per heavy atom. The Kier molecular flexibility index (Phi) is 6.29. The van der Waals surface area contributed by atoms with Crippen molar-refractivity contribution < 1.29 is 19.2 Å². The molecule has 9 nitrogen and oxygen atoms in total. The van der Waals surface area contributed by atoms with Crippen molar-refractivity contribution in [3.8, 4) is 5.75 Å². The van der Waals surface area contributed by atoms with Crippen molar-refractivity contribution in [1.29, 1.82) is 0 Å². The van der Waals surface area contributed by atoms with Crippen LogP contribution in [0.5, 0.6) is 5.75 Å². The number of carbonyl (C=O) groups excluding carboxylic acids is 2. The van der Waals surface area contributed by atoms with Gasteiger partial charge in [0.2, 0.25) is 5.91 Å². The first-order chi connectivity index (χ1) is 11.9. The number of benzene rings is 1. The number of nitrogens with one attached hydrogen (secondary N) is 1. The maximum Gasteiger partial charge on any atom is 0.331 e. The molecular formula is C16H22N4O5. The first-order valence-electron chi connectivity index (χ1n) is 8.17. The minimum atomic E-state index is -0.563. The zero-order valence-electron chi connectivity index (χ0n) is 14.4. The number of nitrogens with zero attached hydrogens (tertiary/aromatic N) is 3. The highest BCUT2D eigenvalue weighted by molar-refractivity contribution is 5.89. The smallest absolute Gasteiger partial charge is 0.331 e. The van der Waals surface area contributed by atoms with Crippen LogP contribution in [0.15, 0.2) is 18.2 Å². The van der Waals surface area contributed by atoms with Crippen molar-refractivity contribution in [1.82, 2.24) is 10.2 Å². The number of nitro benzene ring substituents is 1. The van der Waals surface area contributed by atoms with E-state index in [1.807, 2.05) is 0 Å². The van der Waals surface area contributed by atoms with Gasteiger partial charge in [0.1, 0.15) is 6.54 Å². The van der Waals surface area contributed by atoms with E-state index >= 15 is 0 Å². The molecular weight excluding hydrogens is 328 g/mol. The average Bonchev–Trinajstić information content (AvgIpc) is 2.58. The van der Waals surface area contributed by atoms with E-state index in [0.717, 1.165) is 19.6 Å². The summed E-state index contributed by atoms with van der Waals surface area (Å²) in [5.41, 5.74) is 0.321. The Morgan fingerprint density at radius 1 is 1.40 bits per heavy atom. The van der Waals surface area contributed by atoms with E-state index in [-0.39, 0.29) is 30.4 Å². The first kappa shape index (κ1) is 18.7. The predicted octanol–water partition coefficient (Wildman–Crippen LogP) is 0.778. The maximum absolute atomic E-state index is 12.1. The van der Waals surface area contributed by atoms with Gasteiger partial charge in [-0.15, -0.1) is 0 Å². The van der Waals surface area contributed by atoms with E-state index in [0.29, 0.717) is 12.2 Å². The van der Waals surface area contributed by atoms with Crippen molar-refractivity contribution in [3.05, 3.63) is 28.3 Å². The molecule has 25 heavy (non-hydrogen) atoms. The highest BCUT2D eigenvalue weighted by Crippen LogP contribution is 2.34. The van der Waals surface area contributed by atoms with Crippen LogP contribution < -0.4 is 15.0 Å². The van der Waals surface area contributed by atoms with Crippen LogP contribution in [-0.2, 0) is 9.59 Å². The Bertz CT molecular complexity index is 660. The summed E-state index contributed by atoms with van der Waals surface area (Å²) < 4.78 is 5.05. The molecule has 0 saturated heterocycles. The Morgan fingerprint density at radius 3 is 2.76 bits per heavy atom. The number of amides is 1. The number of nitro groups is 1. The number of likely N-dealkylation sites (N-methyl/N-ethyl adjacent to an activating group) is 1. The van der Waals surface area contributed by atoms with E-state index in [1.165, 1.54) is 18.2 Å². The molecule has 9 heteroatoms. The number of fused-ring (bicyclic) bond motifs is 1. The van der Waals surface area contributed by atoms with Crippen molar-refractivity contribution in [2.24, 2.45) is 0 Å². The molecule has 0 unspecified atom stereocenters. The molecule has 1 aliphatic rings. The van der Waals surface area contributed by atoms with E-state index in [9.17, 15) is 19.7 Å². The van der Waals surface area contributed by atoms with E-state index in [2.05, 4.69) is 24.1 Å². The monoisotopic (exact) mass is 350 g/mol. The molecule has 0 atom stereocenters. The summed E-state index contributed by atoms with van der Waals surface area (Å²) in [5.74, 6) is -0.670. The molecule has 136 valence electrons. The molecule has 2 rings (SSSR count). The maximum atomic E-state index is 12.1. The summed E-state index contributed by atoms with van der Waals surface area (Å²) in [6.07, 6.45) is 0. The third-order valence-corrected chi connectivity index (χ3v) is 4.02. The van der Waals surface area contributed by atoms with Crippen LogP contribution in [0, 0.1) is 10.1 Å². The van der Waals surface area contributed by atoms with Crippen LogP contribution in [0.2, 0.25) is 0 Å². The van der Waals surface area contributed by atoms with Gasteiger partial charge in [-0.3, -0.25) is 14.9 Å². The van der Waals surface area contributed by atoms with Gasteiger partial charge in [0, 0.05) is 19.2 Å². The summed E-state index contributed by atoms with van der Waals surface area (Å²) in [4.78, 5) is 37.8. The van der Waals surface area contributed by atoms with Gasteiger partial charge in [-0.05, 0) is 19.2 Å².